The van der Waals surface area contributed by atoms with Gasteiger partial charge in [-0.05, 0) is 24.7 Å². The molecule has 24 heavy (non-hydrogen) atoms. The summed E-state index contributed by atoms with van der Waals surface area (Å²) >= 11 is 0. The van der Waals surface area contributed by atoms with Gasteiger partial charge in [0.05, 0.1) is 0 Å². The van der Waals surface area contributed by atoms with E-state index < -0.39 is 47.3 Å². The van der Waals surface area contributed by atoms with Crippen LogP contribution in [0, 0.1) is 40.9 Å². The number of benzene rings is 1. The van der Waals surface area contributed by atoms with Gasteiger partial charge in [0.2, 0.25) is 29.1 Å². The molecular weight excluding hydrogens is 333 g/mol. The Balaban J connectivity index is 1.88. The molecule has 1 aromatic rings. The minimum absolute atomic E-state index is 0.319. The molecule has 1 saturated carbocycles. The summed E-state index contributed by atoms with van der Waals surface area (Å²) in [5, 5.41) is 2.55. The maximum Gasteiger partial charge on any atom is 0.257 e. The summed E-state index contributed by atoms with van der Waals surface area (Å²) in [6.45, 7) is 1.72. The number of nitrogens with one attached hydrogen (secondary N) is 1. The number of hydrogen-bond acceptors (Lipinski definition) is 2. The Bertz CT molecular complexity index is 586. The van der Waals surface area contributed by atoms with Gasteiger partial charge in [0.15, 0.2) is 12.4 Å². The minimum atomic E-state index is -2.27. The van der Waals surface area contributed by atoms with Gasteiger partial charge in [-0.15, -0.1) is 0 Å². The molecule has 1 fully saturated rings. The van der Waals surface area contributed by atoms with Crippen molar-refractivity contribution in [2.24, 2.45) is 11.8 Å². The third-order valence-electron chi connectivity index (χ3n) is 4.24. The smallest absolute Gasteiger partial charge is 0.257 e. The molecule has 1 aliphatic rings. The SMILES string of the molecule is CC1CCC(CNC(=O)COc2c(F)c(F)c(F)c(F)c2F)CC1. The molecular formula is C16H18F5NO2. The molecule has 8 heteroatoms. The molecule has 2 rings (SSSR count). The van der Waals surface area contributed by atoms with Crippen molar-refractivity contribution >= 4 is 5.91 Å². The lowest BCUT2D eigenvalue weighted by Crippen LogP contribution is -2.34. The van der Waals surface area contributed by atoms with Crippen LogP contribution in [0.5, 0.6) is 5.75 Å². The van der Waals surface area contributed by atoms with Crippen molar-refractivity contribution in [2.45, 2.75) is 32.6 Å². The fourth-order valence-electron chi connectivity index (χ4n) is 2.69. The lowest BCUT2D eigenvalue weighted by molar-refractivity contribution is -0.123. The van der Waals surface area contributed by atoms with Crippen LogP contribution in [-0.4, -0.2) is 19.1 Å². The minimum Gasteiger partial charge on any atom is -0.477 e. The average Bonchev–Trinajstić information content (AvgIpc) is 2.57. The summed E-state index contributed by atoms with van der Waals surface area (Å²) in [7, 11) is 0. The van der Waals surface area contributed by atoms with E-state index in [1.54, 1.807) is 0 Å². The van der Waals surface area contributed by atoms with Crippen LogP contribution in [0.1, 0.15) is 32.6 Å². The molecule has 0 aromatic heterocycles. The molecule has 134 valence electrons. The van der Waals surface area contributed by atoms with Crippen LogP contribution in [0.25, 0.3) is 0 Å². The summed E-state index contributed by atoms with van der Waals surface area (Å²) < 4.78 is 70.2. The molecule has 3 nitrogen and oxygen atoms in total. The number of carbonyl (C=O) groups is 1. The normalized spacial score (nSPS) is 20.8. The van der Waals surface area contributed by atoms with E-state index >= 15 is 0 Å². The summed E-state index contributed by atoms with van der Waals surface area (Å²) in [5.74, 6) is -11.8. The van der Waals surface area contributed by atoms with Crippen molar-refractivity contribution in [1.29, 1.82) is 0 Å². The van der Waals surface area contributed by atoms with Crippen molar-refractivity contribution < 1.29 is 31.5 Å². The lowest BCUT2D eigenvalue weighted by Gasteiger charge is -2.26. The predicted molar refractivity (Wildman–Crippen MR) is 75.9 cm³/mol. The average molecular weight is 351 g/mol. The van der Waals surface area contributed by atoms with E-state index in [4.69, 9.17) is 0 Å². The lowest BCUT2D eigenvalue weighted by atomic mass is 9.83. The molecule has 0 radical (unpaired) electrons. The number of carbonyl (C=O) groups excluding carboxylic acids is 1. The van der Waals surface area contributed by atoms with Crippen molar-refractivity contribution in [3.05, 3.63) is 29.1 Å². The summed E-state index contributed by atoms with van der Waals surface area (Å²) in [6, 6.07) is 0. The number of rotatable bonds is 5. The van der Waals surface area contributed by atoms with E-state index in [2.05, 4.69) is 17.0 Å². The number of amides is 1. The van der Waals surface area contributed by atoms with Crippen molar-refractivity contribution in [3.8, 4) is 5.75 Å². The summed E-state index contributed by atoms with van der Waals surface area (Å²) in [6.07, 6.45) is 4.09. The van der Waals surface area contributed by atoms with Gasteiger partial charge in [-0.1, -0.05) is 19.8 Å². The topological polar surface area (TPSA) is 38.3 Å². The van der Waals surface area contributed by atoms with Crippen LogP contribution in [-0.2, 0) is 4.79 Å². The third-order valence-corrected chi connectivity index (χ3v) is 4.24. The Kier molecular flexibility index (Phi) is 6.01. The molecule has 1 amide bonds. The number of halogens is 5. The molecule has 1 aliphatic carbocycles. The fraction of sp³-hybridized carbons (Fsp3) is 0.562. The van der Waals surface area contributed by atoms with Gasteiger partial charge in [0.25, 0.3) is 5.91 Å². The second kappa shape index (κ2) is 7.81. The summed E-state index contributed by atoms with van der Waals surface area (Å²) in [5.41, 5.74) is 0. The zero-order valence-electron chi connectivity index (χ0n) is 13.1. The third kappa shape index (κ3) is 4.15. The highest BCUT2D eigenvalue weighted by Gasteiger charge is 2.27. The van der Waals surface area contributed by atoms with Crippen molar-refractivity contribution in [1.82, 2.24) is 5.32 Å². The van der Waals surface area contributed by atoms with E-state index in [-0.39, 0.29) is 0 Å². The first-order chi connectivity index (χ1) is 11.3. The highest BCUT2D eigenvalue weighted by atomic mass is 19.2. The maximum absolute atomic E-state index is 13.4. The first-order valence-electron chi connectivity index (χ1n) is 7.72. The maximum atomic E-state index is 13.4. The van der Waals surface area contributed by atoms with Crippen LogP contribution in [0.2, 0.25) is 0 Å². The molecule has 0 bridgehead atoms. The van der Waals surface area contributed by atoms with Crippen LogP contribution in [0.4, 0.5) is 22.0 Å². The van der Waals surface area contributed by atoms with E-state index in [1.807, 2.05) is 0 Å². The molecule has 0 unspecified atom stereocenters. The van der Waals surface area contributed by atoms with E-state index in [9.17, 15) is 26.7 Å². The second-order valence-corrected chi connectivity index (χ2v) is 6.12. The van der Waals surface area contributed by atoms with Gasteiger partial charge < -0.3 is 10.1 Å². The molecule has 1 aromatic carbocycles. The van der Waals surface area contributed by atoms with Crippen LogP contribution in [0.3, 0.4) is 0 Å². The Hall–Kier alpha value is -1.86. The molecule has 0 atom stereocenters. The Morgan fingerprint density at radius 3 is 2.00 bits per heavy atom. The zero-order chi connectivity index (χ0) is 17.9. The van der Waals surface area contributed by atoms with Crippen LogP contribution < -0.4 is 10.1 Å². The van der Waals surface area contributed by atoms with E-state index in [1.165, 1.54) is 0 Å². The van der Waals surface area contributed by atoms with Crippen molar-refractivity contribution in [3.63, 3.8) is 0 Å². The van der Waals surface area contributed by atoms with Gasteiger partial charge in [-0.3, -0.25) is 4.79 Å². The monoisotopic (exact) mass is 351 g/mol. The molecule has 0 saturated heterocycles. The number of ether oxygens (including phenoxy) is 1. The Labute approximate surface area is 136 Å². The Morgan fingerprint density at radius 2 is 1.46 bits per heavy atom. The molecule has 1 N–H and O–H groups in total. The van der Waals surface area contributed by atoms with E-state index in [0.717, 1.165) is 25.7 Å². The summed E-state index contributed by atoms with van der Waals surface area (Å²) in [4.78, 5) is 11.6. The van der Waals surface area contributed by atoms with Gasteiger partial charge in [0.1, 0.15) is 0 Å². The highest BCUT2D eigenvalue weighted by molar-refractivity contribution is 5.77. The van der Waals surface area contributed by atoms with Crippen LogP contribution in [0.15, 0.2) is 0 Å². The predicted octanol–water partition coefficient (Wildman–Crippen LogP) is 3.70. The Morgan fingerprint density at radius 1 is 0.958 bits per heavy atom. The zero-order valence-corrected chi connectivity index (χ0v) is 13.1. The van der Waals surface area contributed by atoms with Gasteiger partial charge in [-0.25, -0.2) is 13.2 Å². The quantitative estimate of drug-likeness (QED) is 0.499. The fourth-order valence-corrected chi connectivity index (χ4v) is 2.69. The first kappa shape index (κ1) is 18.5. The molecule has 0 aliphatic heterocycles. The molecule has 0 spiro atoms. The number of hydrogen-bond donors (Lipinski definition) is 1. The highest BCUT2D eigenvalue weighted by Crippen LogP contribution is 2.29. The first-order valence-corrected chi connectivity index (χ1v) is 7.72. The van der Waals surface area contributed by atoms with Crippen LogP contribution >= 0.6 is 0 Å². The standard InChI is InChI=1S/C16H18F5NO2/c1-8-2-4-9(5-3-8)6-22-10(23)7-24-16-14(20)12(18)11(17)13(19)15(16)21/h8-9H,2-7H2,1H3,(H,22,23). The van der Waals surface area contributed by atoms with Crippen molar-refractivity contribution in [2.75, 3.05) is 13.2 Å². The second-order valence-electron chi connectivity index (χ2n) is 6.12. The van der Waals surface area contributed by atoms with Gasteiger partial charge in [-0.2, -0.15) is 8.78 Å². The largest absolute Gasteiger partial charge is 0.477 e. The molecule has 0 heterocycles. The van der Waals surface area contributed by atoms with Gasteiger partial charge >= 0.3 is 0 Å². The van der Waals surface area contributed by atoms with Gasteiger partial charge in [0, 0.05) is 6.54 Å². The van der Waals surface area contributed by atoms with E-state index in [0.29, 0.717) is 18.4 Å².